The lowest BCUT2D eigenvalue weighted by Gasteiger charge is -2.60. The number of nitrogens with zero attached hydrogens (tertiary/aromatic N) is 4. The van der Waals surface area contributed by atoms with Crippen LogP contribution in [0, 0.1) is 17.3 Å². The quantitative estimate of drug-likeness (QED) is 0.846. The van der Waals surface area contributed by atoms with E-state index < -0.39 is 0 Å². The van der Waals surface area contributed by atoms with Gasteiger partial charge in [0.1, 0.15) is 12.7 Å². The first-order chi connectivity index (χ1) is 13.4. The molecule has 4 aliphatic carbocycles. The zero-order valence-corrected chi connectivity index (χ0v) is 17.1. The minimum atomic E-state index is -0.317. The molecule has 1 amide bonds. The summed E-state index contributed by atoms with van der Waals surface area (Å²) in [7, 11) is 3.91. The van der Waals surface area contributed by atoms with Crippen LogP contribution in [0.25, 0.3) is 0 Å². The number of hydrogen-bond donors (Lipinski definition) is 1. The van der Waals surface area contributed by atoms with Gasteiger partial charge in [0.25, 0.3) is 0 Å². The second-order valence-corrected chi connectivity index (χ2v) is 9.73. The number of hydrogen-bond acceptors (Lipinski definition) is 4. The fourth-order valence-corrected chi connectivity index (χ4v) is 6.76. The lowest BCUT2D eigenvalue weighted by Crippen LogP contribution is -2.60. The molecule has 4 bridgehead atoms. The molecule has 0 saturated heterocycles. The molecule has 0 spiro atoms. The van der Waals surface area contributed by atoms with Gasteiger partial charge in [-0.25, -0.2) is 9.67 Å². The predicted octanol–water partition coefficient (Wildman–Crippen LogP) is 3.93. The molecule has 2 aromatic rings. The number of carbonyl (C=O) groups excluding carboxylic acids is 1. The molecule has 1 N–H and O–H groups in total. The van der Waals surface area contributed by atoms with Crippen LogP contribution in [-0.4, -0.2) is 34.8 Å². The number of aromatic nitrogens is 3. The van der Waals surface area contributed by atoms with E-state index in [1.54, 1.807) is 6.33 Å². The number of benzene rings is 1. The molecule has 148 valence electrons. The van der Waals surface area contributed by atoms with Gasteiger partial charge in [0, 0.05) is 19.8 Å². The molecule has 28 heavy (non-hydrogen) atoms. The van der Waals surface area contributed by atoms with Crippen LogP contribution in [-0.2, 0) is 10.3 Å². The van der Waals surface area contributed by atoms with Gasteiger partial charge in [0.2, 0.25) is 5.91 Å². The zero-order chi connectivity index (χ0) is 19.5. The predicted molar refractivity (Wildman–Crippen MR) is 110 cm³/mol. The smallest absolute Gasteiger partial charge is 0.230 e. The first-order valence-electron chi connectivity index (χ1n) is 10.0. The molecule has 2 atom stereocenters. The number of nitrogens with one attached hydrogen (secondary N) is 1. The summed E-state index contributed by atoms with van der Waals surface area (Å²) < 4.78 is 2.04. The van der Waals surface area contributed by atoms with Crippen molar-refractivity contribution in [2.24, 2.45) is 17.3 Å². The van der Waals surface area contributed by atoms with E-state index in [9.17, 15) is 4.79 Å². The van der Waals surface area contributed by atoms with Crippen LogP contribution in [0.4, 0.5) is 11.4 Å². The van der Waals surface area contributed by atoms with Crippen molar-refractivity contribution in [3.05, 3.63) is 35.9 Å². The van der Waals surface area contributed by atoms with Crippen LogP contribution >= 0.6 is 11.6 Å². The molecule has 0 radical (unpaired) electrons. The summed E-state index contributed by atoms with van der Waals surface area (Å²) >= 11 is 6.40. The summed E-state index contributed by atoms with van der Waals surface area (Å²) in [5, 5.41) is 8.30. The highest BCUT2D eigenvalue weighted by atomic mass is 35.5. The molecule has 1 heterocycles. The number of carbonyl (C=O) groups is 1. The number of anilines is 2. The van der Waals surface area contributed by atoms with Crippen LogP contribution in [0.3, 0.4) is 0 Å². The van der Waals surface area contributed by atoms with Crippen molar-refractivity contribution in [1.82, 2.24) is 14.8 Å². The molecule has 4 saturated carbocycles. The molecule has 4 aliphatic rings. The first-order valence-corrected chi connectivity index (χ1v) is 10.4. The number of halogens is 1. The van der Waals surface area contributed by atoms with E-state index in [1.807, 2.05) is 48.2 Å². The van der Waals surface area contributed by atoms with E-state index in [4.69, 9.17) is 11.6 Å². The Hall–Kier alpha value is -2.08. The Labute approximate surface area is 170 Å². The monoisotopic (exact) mass is 399 g/mol. The molecule has 1 aromatic heterocycles. The van der Waals surface area contributed by atoms with Crippen LogP contribution in [0.2, 0.25) is 5.02 Å². The highest BCUT2D eigenvalue weighted by Crippen LogP contribution is 2.64. The normalized spacial score (nSPS) is 33.1. The van der Waals surface area contributed by atoms with Crippen molar-refractivity contribution in [1.29, 1.82) is 0 Å². The van der Waals surface area contributed by atoms with E-state index in [1.165, 1.54) is 6.42 Å². The first kappa shape index (κ1) is 18.0. The minimum Gasteiger partial charge on any atom is -0.376 e. The van der Waals surface area contributed by atoms with Crippen molar-refractivity contribution in [2.75, 3.05) is 24.3 Å². The van der Waals surface area contributed by atoms with Crippen LogP contribution in [0.5, 0.6) is 0 Å². The minimum absolute atomic E-state index is 0.0512. The molecule has 6 nitrogen and oxygen atoms in total. The van der Waals surface area contributed by atoms with E-state index in [0.29, 0.717) is 16.9 Å². The van der Waals surface area contributed by atoms with Gasteiger partial charge in [-0.05, 0) is 68.6 Å². The van der Waals surface area contributed by atoms with E-state index in [2.05, 4.69) is 15.4 Å². The Morgan fingerprint density at radius 3 is 2.61 bits per heavy atom. The maximum atomic E-state index is 13.5. The number of amides is 1. The van der Waals surface area contributed by atoms with Gasteiger partial charge in [-0.2, -0.15) is 5.10 Å². The zero-order valence-electron chi connectivity index (χ0n) is 16.4. The molecule has 1 aromatic carbocycles. The van der Waals surface area contributed by atoms with Crippen molar-refractivity contribution in [3.8, 4) is 0 Å². The molecule has 4 fully saturated rings. The van der Waals surface area contributed by atoms with Crippen LogP contribution in [0.1, 0.15) is 38.5 Å². The SMILES string of the molecule is CN(C)c1ccc(NC(=O)C23CC4CC(C2)CC(n2cncn2)(C4)C3)cc1Cl. The third-order valence-corrected chi connectivity index (χ3v) is 7.41. The van der Waals surface area contributed by atoms with Gasteiger partial charge < -0.3 is 10.2 Å². The Kier molecular flexibility index (Phi) is 3.99. The summed E-state index contributed by atoms with van der Waals surface area (Å²) in [6.45, 7) is 0. The van der Waals surface area contributed by atoms with Gasteiger partial charge >= 0.3 is 0 Å². The van der Waals surface area contributed by atoms with E-state index in [-0.39, 0.29) is 16.9 Å². The molecular weight excluding hydrogens is 374 g/mol. The molecule has 7 heteroatoms. The van der Waals surface area contributed by atoms with Crippen LogP contribution in [0.15, 0.2) is 30.9 Å². The van der Waals surface area contributed by atoms with Gasteiger partial charge in [-0.15, -0.1) is 0 Å². The molecule has 0 aliphatic heterocycles. The van der Waals surface area contributed by atoms with Crippen LogP contribution < -0.4 is 10.2 Å². The Balaban J connectivity index is 1.43. The van der Waals surface area contributed by atoms with Gasteiger partial charge in [0.15, 0.2) is 0 Å². The van der Waals surface area contributed by atoms with Crippen molar-refractivity contribution in [3.63, 3.8) is 0 Å². The lowest BCUT2D eigenvalue weighted by atomic mass is 9.46. The maximum Gasteiger partial charge on any atom is 0.230 e. The molecule has 2 unspecified atom stereocenters. The van der Waals surface area contributed by atoms with Crippen molar-refractivity contribution < 1.29 is 4.79 Å². The van der Waals surface area contributed by atoms with E-state index >= 15 is 0 Å². The van der Waals surface area contributed by atoms with Crippen molar-refractivity contribution in [2.45, 2.75) is 44.1 Å². The summed E-state index contributed by atoms with van der Waals surface area (Å²) in [4.78, 5) is 19.6. The summed E-state index contributed by atoms with van der Waals surface area (Å²) in [6, 6.07) is 5.74. The highest BCUT2D eigenvalue weighted by Gasteiger charge is 2.61. The fourth-order valence-electron chi connectivity index (χ4n) is 6.41. The van der Waals surface area contributed by atoms with Gasteiger partial charge in [-0.3, -0.25) is 4.79 Å². The Bertz CT molecular complexity index is 896. The second-order valence-electron chi connectivity index (χ2n) is 9.32. The largest absolute Gasteiger partial charge is 0.376 e. The fraction of sp³-hybridized carbons (Fsp3) is 0.571. The molecular formula is C21H26ClN5O. The summed E-state index contributed by atoms with van der Waals surface area (Å²) in [5.41, 5.74) is 1.35. The van der Waals surface area contributed by atoms with E-state index in [0.717, 1.165) is 43.5 Å². The summed E-state index contributed by atoms with van der Waals surface area (Å²) in [5.74, 6) is 1.33. The number of rotatable bonds is 4. The third kappa shape index (κ3) is 2.72. The average Bonchev–Trinajstić information content (AvgIpc) is 3.16. The average molecular weight is 400 g/mol. The second kappa shape index (κ2) is 6.21. The lowest BCUT2D eigenvalue weighted by molar-refractivity contribution is -0.150. The Morgan fingerprint density at radius 2 is 2.00 bits per heavy atom. The van der Waals surface area contributed by atoms with Gasteiger partial charge in [-0.1, -0.05) is 11.6 Å². The maximum absolute atomic E-state index is 13.5. The standard InChI is InChI=1S/C21H26ClN5O/c1-26(2)18-4-3-16(6-17(18)22)25-19(28)20-7-14-5-15(8-20)10-21(9-14,11-20)27-13-23-12-24-27/h3-4,6,12-15H,5,7-11H2,1-2H3,(H,25,28). The summed E-state index contributed by atoms with van der Waals surface area (Å²) in [6.07, 6.45) is 9.74. The highest BCUT2D eigenvalue weighted by molar-refractivity contribution is 6.33. The van der Waals surface area contributed by atoms with Gasteiger partial charge in [0.05, 0.1) is 21.7 Å². The Morgan fingerprint density at radius 1 is 1.25 bits per heavy atom. The molecule has 6 rings (SSSR count). The third-order valence-electron chi connectivity index (χ3n) is 7.10. The van der Waals surface area contributed by atoms with Crippen molar-refractivity contribution >= 4 is 28.9 Å². The topological polar surface area (TPSA) is 63.1 Å².